The maximum absolute atomic E-state index is 13.3. The molecule has 3 aromatic carbocycles. The molecular formula is C45H66N6O6. The topological polar surface area (TPSA) is 148 Å². The molecule has 0 aliphatic carbocycles. The Balaban J connectivity index is 0.00000267. The normalized spacial score (nSPS) is 12.5. The Hall–Kier alpha value is -5.00. The van der Waals surface area contributed by atoms with Gasteiger partial charge in [-0.25, -0.2) is 0 Å². The third-order valence-corrected chi connectivity index (χ3v) is 9.75. The Morgan fingerprint density at radius 2 is 1.05 bits per heavy atom. The molecule has 0 fully saturated rings. The molecule has 3 aromatic rings. The molecule has 1 unspecified atom stereocenters. The van der Waals surface area contributed by atoms with E-state index >= 15 is 0 Å². The fourth-order valence-electron chi connectivity index (χ4n) is 6.27. The first-order valence-corrected chi connectivity index (χ1v) is 20.6. The van der Waals surface area contributed by atoms with Crippen LogP contribution in [0.25, 0.3) is 0 Å². The average Bonchev–Trinajstić information content (AvgIpc) is 3.20. The summed E-state index contributed by atoms with van der Waals surface area (Å²) < 4.78 is 11.5. The van der Waals surface area contributed by atoms with Crippen molar-refractivity contribution in [1.29, 1.82) is 0 Å². The highest BCUT2D eigenvalue weighted by Gasteiger charge is 2.43. The van der Waals surface area contributed by atoms with E-state index in [0.717, 1.165) is 49.2 Å². The third kappa shape index (κ3) is 19.6. The zero-order valence-corrected chi connectivity index (χ0v) is 35.5. The molecule has 0 saturated carbocycles. The van der Waals surface area contributed by atoms with Gasteiger partial charge in [-0.05, 0) is 108 Å². The summed E-state index contributed by atoms with van der Waals surface area (Å²) in [6.07, 6.45) is 13.3. The molecule has 0 spiro atoms. The predicted molar refractivity (Wildman–Crippen MR) is 229 cm³/mol. The molecule has 0 amide bonds. The largest absolute Gasteiger partial charge is 0.465 e. The number of hydrogen-bond donors (Lipinski definition) is 0. The molecule has 0 aromatic heterocycles. The first kappa shape index (κ1) is 48.1. The number of benzene rings is 3. The van der Waals surface area contributed by atoms with Crippen LogP contribution in [0, 0.1) is 20.9 Å². The van der Waals surface area contributed by atoms with E-state index in [-0.39, 0.29) is 18.5 Å². The molecule has 0 saturated heterocycles. The Morgan fingerprint density at radius 3 is 1.51 bits per heavy atom. The van der Waals surface area contributed by atoms with Crippen LogP contribution in [0.2, 0.25) is 0 Å². The lowest BCUT2D eigenvalue weighted by Crippen LogP contribution is -2.39. The van der Waals surface area contributed by atoms with Crippen LogP contribution in [0.15, 0.2) is 99.3 Å². The van der Waals surface area contributed by atoms with Gasteiger partial charge in [-0.3, -0.25) is 19.7 Å². The molecule has 0 N–H and O–H groups in total. The molecule has 0 bridgehead atoms. The SMILES string of the molecule is CCCCCCCCCCCCOC(=O)C(C)(CC)CC(C)(C)C(=O)OCCN(CC)c1ccc(N=Nc2ccc(N=Nc3ccccc3)cc2)cc1.C[N+](=O)[O-]. The van der Waals surface area contributed by atoms with Crippen molar-refractivity contribution in [3.05, 3.63) is 89.0 Å². The van der Waals surface area contributed by atoms with Crippen LogP contribution in [0.1, 0.15) is 119 Å². The van der Waals surface area contributed by atoms with Crippen molar-refractivity contribution in [1.82, 2.24) is 0 Å². The monoisotopic (exact) mass is 787 g/mol. The number of carbonyl (C=O) groups excluding carboxylic acids is 2. The Bertz CT molecular complexity index is 1640. The molecule has 3 rings (SSSR count). The summed E-state index contributed by atoms with van der Waals surface area (Å²) in [7, 11) is 0.889. The van der Waals surface area contributed by atoms with Crippen LogP contribution in [0.3, 0.4) is 0 Å². The van der Waals surface area contributed by atoms with Crippen molar-refractivity contribution in [2.75, 3.05) is 38.3 Å². The van der Waals surface area contributed by atoms with Crippen LogP contribution in [0.5, 0.6) is 0 Å². The minimum absolute atomic E-state index is 0.225. The second-order valence-corrected chi connectivity index (χ2v) is 15.2. The quantitative estimate of drug-likeness (QED) is 0.0273. The average molecular weight is 787 g/mol. The second kappa shape index (κ2) is 26.8. The van der Waals surface area contributed by atoms with Gasteiger partial charge in [-0.15, -0.1) is 0 Å². The lowest BCUT2D eigenvalue weighted by Gasteiger charge is -2.34. The second-order valence-electron chi connectivity index (χ2n) is 15.2. The van der Waals surface area contributed by atoms with Crippen molar-refractivity contribution in [2.45, 2.75) is 119 Å². The highest BCUT2D eigenvalue weighted by Crippen LogP contribution is 2.38. The summed E-state index contributed by atoms with van der Waals surface area (Å²) in [5, 5.41) is 26.0. The van der Waals surface area contributed by atoms with E-state index in [2.05, 4.69) is 39.2 Å². The van der Waals surface area contributed by atoms with Crippen LogP contribution >= 0.6 is 0 Å². The number of anilines is 1. The summed E-state index contributed by atoms with van der Waals surface area (Å²) in [4.78, 5) is 36.9. The van der Waals surface area contributed by atoms with Crippen molar-refractivity contribution in [2.24, 2.45) is 31.3 Å². The summed E-state index contributed by atoms with van der Waals surface area (Å²) >= 11 is 0. The number of hydrogen-bond acceptors (Lipinski definition) is 11. The summed E-state index contributed by atoms with van der Waals surface area (Å²) in [5.74, 6) is -0.532. The first-order chi connectivity index (χ1) is 27.3. The van der Waals surface area contributed by atoms with E-state index in [9.17, 15) is 9.59 Å². The van der Waals surface area contributed by atoms with Crippen molar-refractivity contribution in [3.63, 3.8) is 0 Å². The Morgan fingerprint density at radius 1 is 0.632 bits per heavy atom. The van der Waals surface area contributed by atoms with Gasteiger partial charge in [-0.2, -0.15) is 20.5 Å². The molecule has 0 aliphatic rings. The molecular weight excluding hydrogens is 721 g/mol. The molecule has 12 heteroatoms. The molecule has 12 nitrogen and oxygen atoms in total. The predicted octanol–water partition coefficient (Wildman–Crippen LogP) is 13.1. The summed E-state index contributed by atoms with van der Waals surface area (Å²) in [5.41, 5.74) is 2.38. The van der Waals surface area contributed by atoms with E-state index < -0.39 is 15.8 Å². The van der Waals surface area contributed by atoms with E-state index in [0.29, 0.717) is 31.7 Å². The van der Waals surface area contributed by atoms with Crippen molar-refractivity contribution >= 4 is 40.4 Å². The van der Waals surface area contributed by atoms with Gasteiger partial charge in [0, 0.05) is 17.2 Å². The zero-order valence-electron chi connectivity index (χ0n) is 35.5. The Kier molecular flexibility index (Phi) is 22.6. The number of rotatable bonds is 25. The summed E-state index contributed by atoms with van der Waals surface area (Å²) in [6, 6.07) is 24.8. The maximum atomic E-state index is 13.3. The molecule has 0 aliphatic heterocycles. The first-order valence-electron chi connectivity index (χ1n) is 20.6. The summed E-state index contributed by atoms with van der Waals surface area (Å²) in [6.45, 7) is 13.9. The van der Waals surface area contributed by atoms with Crippen molar-refractivity contribution in [3.8, 4) is 0 Å². The number of esters is 2. The van der Waals surface area contributed by atoms with Gasteiger partial charge in [0.05, 0.1) is 46.7 Å². The van der Waals surface area contributed by atoms with Gasteiger partial charge in [0.15, 0.2) is 7.05 Å². The minimum Gasteiger partial charge on any atom is -0.465 e. The number of unbranched alkanes of at least 4 members (excludes halogenated alkanes) is 9. The fourth-order valence-corrected chi connectivity index (χ4v) is 6.27. The molecule has 57 heavy (non-hydrogen) atoms. The van der Waals surface area contributed by atoms with Gasteiger partial charge in [-0.1, -0.05) is 89.8 Å². The van der Waals surface area contributed by atoms with E-state index in [4.69, 9.17) is 19.6 Å². The van der Waals surface area contributed by atoms with Crippen molar-refractivity contribution < 1.29 is 24.0 Å². The number of carbonyl (C=O) groups is 2. The fraction of sp³-hybridized carbons (Fsp3) is 0.556. The van der Waals surface area contributed by atoms with Crippen LogP contribution in [0.4, 0.5) is 28.4 Å². The van der Waals surface area contributed by atoms with Gasteiger partial charge in [0.25, 0.3) is 0 Å². The smallest absolute Gasteiger partial charge is 0.311 e. The number of likely N-dealkylation sites (N-methyl/N-ethyl adjacent to an activating group) is 1. The number of nitrogens with zero attached hydrogens (tertiary/aromatic N) is 6. The molecule has 0 radical (unpaired) electrons. The minimum atomic E-state index is -0.836. The molecule has 0 heterocycles. The third-order valence-electron chi connectivity index (χ3n) is 9.75. The lowest BCUT2D eigenvalue weighted by molar-refractivity contribution is -0.445. The maximum Gasteiger partial charge on any atom is 0.311 e. The number of nitro groups is 1. The van der Waals surface area contributed by atoms with E-state index in [1.165, 1.54) is 51.4 Å². The molecule has 1 atom stereocenters. The zero-order chi connectivity index (χ0) is 41.9. The van der Waals surface area contributed by atoms with Crippen LogP contribution < -0.4 is 4.90 Å². The van der Waals surface area contributed by atoms with Gasteiger partial charge >= 0.3 is 11.9 Å². The molecule has 312 valence electrons. The number of ether oxygens (including phenoxy) is 2. The Labute approximate surface area is 340 Å². The number of azo groups is 2. The van der Waals surface area contributed by atoms with Gasteiger partial charge in [0.1, 0.15) is 6.61 Å². The highest BCUT2D eigenvalue weighted by atomic mass is 16.6. The van der Waals surface area contributed by atoms with Gasteiger partial charge in [0.2, 0.25) is 0 Å². The van der Waals surface area contributed by atoms with Gasteiger partial charge < -0.3 is 14.4 Å². The van der Waals surface area contributed by atoms with E-state index in [1.807, 2.05) is 107 Å². The highest BCUT2D eigenvalue weighted by molar-refractivity contribution is 5.80. The lowest BCUT2D eigenvalue weighted by atomic mass is 9.72. The van der Waals surface area contributed by atoms with Crippen LogP contribution in [-0.4, -0.2) is 50.2 Å². The van der Waals surface area contributed by atoms with E-state index in [1.54, 1.807) is 0 Å². The van der Waals surface area contributed by atoms with Crippen LogP contribution in [-0.2, 0) is 19.1 Å². The standard InChI is InChI=1S/C44H63N5O4.CH3NO2/c1-7-10-11-12-13-14-15-16-17-21-33-52-42(51)44(6,8-2)35-43(4,5)41(50)53-34-32-49(9-3)40-30-28-39(29-31-40)48-47-38-26-24-37(25-27-38)46-45-36-22-19-18-20-23-36;1-2(3)4/h18-20,22-31H,7-17,21,32-35H2,1-6H3;1H3.